The number of rotatable bonds is 4. The van der Waals surface area contributed by atoms with Gasteiger partial charge in [0.05, 0.1) is 5.75 Å². The third-order valence-corrected chi connectivity index (χ3v) is 4.08. The number of carbonyl (C=O) groups is 2. The summed E-state index contributed by atoms with van der Waals surface area (Å²) in [5, 5.41) is 6.22. The second-order valence-electron chi connectivity index (χ2n) is 4.30. The molecule has 2 rings (SSSR count). The van der Waals surface area contributed by atoms with Crippen molar-refractivity contribution in [3.05, 3.63) is 34.9 Å². The van der Waals surface area contributed by atoms with Gasteiger partial charge in [-0.15, -0.1) is 11.8 Å². The fraction of sp³-hybridized carbons (Fsp3) is 0.385. The molecule has 1 aromatic rings. The zero-order valence-corrected chi connectivity index (χ0v) is 11.9. The van der Waals surface area contributed by atoms with Crippen molar-refractivity contribution in [3.8, 4) is 0 Å². The minimum absolute atomic E-state index is 0.0749. The number of thioether (sulfide) groups is 1. The second-order valence-corrected chi connectivity index (χ2v) is 5.77. The lowest BCUT2D eigenvalue weighted by atomic mass is 10.1. The predicted octanol–water partition coefficient (Wildman–Crippen LogP) is 1.23. The molecule has 1 aromatic carbocycles. The summed E-state index contributed by atoms with van der Waals surface area (Å²) in [5.74, 6) is 0.885. The van der Waals surface area contributed by atoms with Gasteiger partial charge in [-0.1, -0.05) is 23.7 Å². The summed E-state index contributed by atoms with van der Waals surface area (Å²) in [6.07, 6.45) is 0.747. The second kappa shape index (κ2) is 6.82. The van der Waals surface area contributed by atoms with E-state index in [0.717, 1.165) is 12.0 Å². The Bertz CT molecular complexity index is 464. The molecular formula is C13H15ClN2O2S. The third-order valence-electron chi connectivity index (χ3n) is 2.80. The zero-order valence-electron chi connectivity index (χ0n) is 10.3. The molecule has 0 saturated carbocycles. The van der Waals surface area contributed by atoms with Crippen LogP contribution in [0.25, 0.3) is 0 Å². The van der Waals surface area contributed by atoms with E-state index < -0.39 is 6.04 Å². The van der Waals surface area contributed by atoms with E-state index in [9.17, 15) is 9.59 Å². The monoisotopic (exact) mass is 298 g/mol. The van der Waals surface area contributed by atoms with Gasteiger partial charge in [0, 0.05) is 17.3 Å². The van der Waals surface area contributed by atoms with Crippen molar-refractivity contribution in [1.29, 1.82) is 0 Å². The highest BCUT2D eigenvalue weighted by atomic mass is 35.5. The number of halogens is 1. The zero-order chi connectivity index (χ0) is 13.7. The summed E-state index contributed by atoms with van der Waals surface area (Å²) >= 11 is 7.28. The maximum absolute atomic E-state index is 11.8. The molecule has 1 heterocycles. The van der Waals surface area contributed by atoms with Gasteiger partial charge < -0.3 is 10.6 Å². The minimum atomic E-state index is -0.406. The van der Waals surface area contributed by atoms with Crippen molar-refractivity contribution in [3.63, 3.8) is 0 Å². The average molecular weight is 299 g/mol. The van der Waals surface area contributed by atoms with E-state index in [1.165, 1.54) is 11.8 Å². The average Bonchev–Trinajstić information content (AvgIpc) is 2.41. The molecule has 102 valence electrons. The van der Waals surface area contributed by atoms with Crippen LogP contribution in [-0.2, 0) is 16.0 Å². The van der Waals surface area contributed by atoms with Gasteiger partial charge in [-0.3, -0.25) is 9.59 Å². The Hall–Kier alpha value is -1.20. The number of hydrogen-bond acceptors (Lipinski definition) is 3. The standard InChI is InChI=1S/C13H15ClN2O2S/c14-10-3-1-9(2-4-10)5-6-15-13(18)11-7-19-8-12(17)16-11/h1-4,11H,5-8H2,(H,15,18)(H,16,17). The van der Waals surface area contributed by atoms with Crippen molar-refractivity contribution < 1.29 is 9.59 Å². The van der Waals surface area contributed by atoms with Crippen LogP contribution in [0.3, 0.4) is 0 Å². The molecule has 1 unspecified atom stereocenters. The first-order valence-corrected chi connectivity index (χ1v) is 7.57. The Labute approximate surface area is 121 Å². The van der Waals surface area contributed by atoms with Crippen LogP contribution in [0.2, 0.25) is 5.02 Å². The molecule has 4 nitrogen and oxygen atoms in total. The molecule has 1 fully saturated rings. The Morgan fingerprint density at radius 1 is 1.42 bits per heavy atom. The first-order valence-electron chi connectivity index (χ1n) is 6.04. The number of benzene rings is 1. The molecule has 2 amide bonds. The van der Waals surface area contributed by atoms with Crippen LogP contribution in [0.5, 0.6) is 0 Å². The van der Waals surface area contributed by atoms with Gasteiger partial charge in [0.15, 0.2) is 0 Å². The highest BCUT2D eigenvalue weighted by molar-refractivity contribution is 8.00. The molecule has 0 aromatic heterocycles. The summed E-state index contributed by atoms with van der Waals surface area (Å²) in [6.45, 7) is 0.553. The van der Waals surface area contributed by atoms with Crippen LogP contribution in [0.15, 0.2) is 24.3 Å². The van der Waals surface area contributed by atoms with Crippen LogP contribution < -0.4 is 10.6 Å². The molecule has 0 aliphatic carbocycles. The third kappa shape index (κ3) is 4.44. The van der Waals surface area contributed by atoms with Crippen LogP contribution in [0.4, 0.5) is 0 Å². The quantitative estimate of drug-likeness (QED) is 0.879. The lowest BCUT2D eigenvalue weighted by molar-refractivity contribution is -0.127. The van der Waals surface area contributed by atoms with Crippen LogP contribution in [0, 0.1) is 0 Å². The fourth-order valence-electron chi connectivity index (χ4n) is 1.79. The van der Waals surface area contributed by atoms with Gasteiger partial charge in [-0.25, -0.2) is 0 Å². The number of amides is 2. The van der Waals surface area contributed by atoms with E-state index in [1.807, 2.05) is 24.3 Å². The van der Waals surface area contributed by atoms with Crippen molar-refractivity contribution in [2.45, 2.75) is 12.5 Å². The molecule has 1 aliphatic heterocycles. The molecule has 1 aliphatic rings. The van der Waals surface area contributed by atoms with E-state index in [4.69, 9.17) is 11.6 Å². The van der Waals surface area contributed by atoms with Gasteiger partial charge in [0.2, 0.25) is 11.8 Å². The molecule has 0 spiro atoms. The summed E-state index contributed by atoms with van der Waals surface area (Å²) in [4.78, 5) is 23.0. The van der Waals surface area contributed by atoms with E-state index in [1.54, 1.807) is 0 Å². The molecular weight excluding hydrogens is 284 g/mol. The van der Waals surface area contributed by atoms with Gasteiger partial charge in [-0.2, -0.15) is 0 Å². The van der Waals surface area contributed by atoms with E-state index in [-0.39, 0.29) is 11.8 Å². The van der Waals surface area contributed by atoms with E-state index in [0.29, 0.717) is 23.1 Å². The summed E-state index contributed by atoms with van der Waals surface area (Å²) in [6, 6.07) is 7.13. The maximum atomic E-state index is 11.8. The van der Waals surface area contributed by atoms with Gasteiger partial charge in [0.1, 0.15) is 6.04 Å². The first kappa shape index (κ1) is 14.2. The molecule has 1 saturated heterocycles. The molecule has 6 heteroatoms. The van der Waals surface area contributed by atoms with Crippen molar-refractivity contribution in [2.75, 3.05) is 18.1 Å². The van der Waals surface area contributed by atoms with E-state index >= 15 is 0 Å². The lowest BCUT2D eigenvalue weighted by Gasteiger charge is -2.22. The van der Waals surface area contributed by atoms with Crippen molar-refractivity contribution in [1.82, 2.24) is 10.6 Å². The topological polar surface area (TPSA) is 58.2 Å². The Balaban J connectivity index is 1.74. The highest BCUT2D eigenvalue weighted by Crippen LogP contribution is 2.10. The molecule has 19 heavy (non-hydrogen) atoms. The Morgan fingerprint density at radius 3 is 2.84 bits per heavy atom. The highest BCUT2D eigenvalue weighted by Gasteiger charge is 2.24. The van der Waals surface area contributed by atoms with E-state index in [2.05, 4.69) is 10.6 Å². The summed E-state index contributed by atoms with van der Waals surface area (Å²) in [7, 11) is 0. The minimum Gasteiger partial charge on any atom is -0.354 e. The molecule has 0 radical (unpaired) electrons. The maximum Gasteiger partial charge on any atom is 0.243 e. The van der Waals surface area contributed by atoms with Crippen LogP contribution >= 0.6 is 23.4 Å². The van der Waals surface area contributed by atoms with Crippen LogP contribution in [0.1, 0.15) is 5.56 Å². The van der Waals surface area contributed by atoms with Crippen molar-refractivity contribution in [2.24, 2.45) is 0 Å². The van der Waals surface area contributed by atoms with Gasteiger partial charge in [0.25, 0.3) is 0 Å². The number of carbonyl (C=O) groups excluding carboxylic acids is 2. The lowest BCUT2D eigenvalue weighted by Crippen LogP contribution is -2.51. The molecule has 1 atom stereocenters. The fourth-order valence-corrected chi connectivity index (χ4v) is 2.78. The summed E-state index contributed by atoms with van der Waals surface area (Å²) < 4.78 is 0. The Morgan fingerprint density at radius 2 is 2.16 bits per heavy atom. The normalized spacial score (nSPS) is 18.8. The molecule has 0 bridgehead atoms. The smallest absolute Gasteiger partial charge is 0.243 e. The largest absolute Gasteiger partial charge is 0.354 e. The first-order chi connectivity index (χ1) is 9.15. The summed E-state index contributed by atoms with van der Waals surface area (Å²) in [5.41, 5.74) is 1.12. The van der Waals surface area contributed by atoms with Crippen molar-refractivity contribution >= 4 is 35.2 Å². The van der Waals surface area contributed by atoms with Gasteiger partial charge in [-0.05, 0) is 24.1 Å². The Kier molecular flexibility index (Phi) is 5.10. The van der Waals surface area contributed by atoms with Crippen LogP contribution in [-0.4, -0.2) is 35.9 Å². The predicted molar refractivity (Wildman–Crippen MR) is 77.4 cm³/mol. The number of hydrogen-bond donors (Lipinski definition) is 2. The number of nitrogens with one attached hydrogen (secondary N) is 2. The van der Waals surface area contributed by atoms with Gasteiger partial charge >= 0.3 is 0 Å². The SMILES string of the molecule is O=C1CSCC(C(=O)NCCc2ccc(Cl)cc2)N1. The molecule has 2 N–H and O–H groups in total.